The lowest BCUT2D eigenvalue weighted by molar-refractivity contribution is 0.0599. The second-order valence-corrected chi connectivity index (χ2v) is 5.07. The van der Waals surface area contributed by atoms with E-state index in [1.165, 1.54) is 31.6 Å². The molecule has 0 radical (unpaired) electrons. The van der Waals surface area contributed by atoms with E-state index in [9.17, 15) is 9.59 Å². The number of aryl methyl sites for hydroxylation is 1. The van der Waals surface area contributed by atoms with Crippen LogP contribution in [0, 0.1) is 6.92 Å². The Morgan fingerprint density at radius 2 is 1.86 bits per heavy atom. The van der Waals surface area contributed by atoms with E-state index in [2.05, 4.69) is 4.74 Å². The summed E-state index contributed by atoms with van der Waals surface area (Å²) in [6.45, 7) is 1.73. The van der Waals surface area contributed by atoms with Crippen molar-refractivity contribution in [3.05, 3.63) is 46.3 Å². The number of hydrogen-bond donors (Lipinski definition) is 0. The van der Waals surface area contributed by atoms with Gasteiger partial charge in [0.25, 0.3) is 0 Å². The third-order valence-corrected chi connectivity index (χ3v) is 3.64. The molecule has 21 heavy (non-hydrogen) atoms. The average molecular weight is 306 g/mol. The van der Waals surface area contributed by atoms with E-state index in [-0.39, 0.29) is 0 Å². The highest BCUT2D eigenvalue weighted by Crippen LogP contribution is 2.33. The van der Waals surface area contributed by atoms with Crippen molar-refractivity contribution in [1.29, 1.82) is 0 Å². The summed E-state index contributed by atoms with van der Waals surface area (Å²) in [5.41, 5.74) is 1.41. The molecule has 5 nitrogen and oxygen atoms in total. The molecule has 0 atom stereocenters. The number of rotatable bonds is 4. The number of ether oxygens (including phenoxy) is 3. The lowest BCUT2D eigenvalue weighted by Gasteiger charge is -2.08. The predicted octanol–water partition coefficient (Wildman–Crippen LogP) is 3.07. The minimum absolute atomic E-state index is 0.387. The number of benzene rings is 1. The van der Waals surface area contributed by atoms with Crippen LogP contribution >= 0.6 is 11.3 Å². The van der Waals surface area contributed by atoms with Gasteiger partial charge in [0.15, 0.2) is 5.75 Å². The Kier molecular flexibility index (Phi) is 4.59. The lowest BCUT2D eigenvalue weighted by Crippen LogP contribution is -2.11. The molecular formula is C15H14O5S. The van der Waals surface area contributed by atoms with E-state index in [0.717, 1.165) is 0 Å². The first-order chi connectivity index (χ1) is 10.1. The van der Waals surface area contributed by atoms with Crippen LogP contribution in [0.5, 0.6) is 10.8 Å². The summed E-state index contributed by atoms with van der Waals surface area (Å²) in [5.74, 6) is -0.431. The van der Waals surface area contributed by atoms with Crippen LogP contribution in [0.15, 0.2) is 29.6 Å². The lowest BCUT2D eigenvalue weighted by atomic mass is 10.1. The van der Waals surface area contributed by atoms with E-state index in [1.54, 1.807) is 30.5 Å². The highest BCUT2D eigenvalue weighted by molar-refractivity contribution is 7.12. The molecule has 2 aromatic rings. The number of carbonyl (C=O) groups is 2. The van der Waals surface area contributed by atoms with Crippen LogP contribution in [0.2, 0.25) is 0 Å². The Morgan fingerprint density at radius 3 is 2.48 bits per heavy atom. The fourth-order valence-electron chi connectivity index (χ4n) is 1.79. The van der Waals surface area contributed by atoms with E-state index < -0.39 is 11.9 Å². The Hall–Kier alpha value is -2.34. The van der Waals surface area contributed by atoms with Gasteiger partial charge in [-0.05, 0) is 42.1 Å². The third-order valence-electron chi connectivity index (χ3n) is 2.87. The minimum Gasteiger partial charge on any atom is -0.492 e. The summed E-state index contributed by atoms with van der Waals surface area (Å²) in [4.78, 5) is 23.6. The van der Waals surface area contributed by atoms with Crippen molar-refractivity contribution in [3.63, 3.8) is 0 Å². The van der Waals surface area contributed by atoms with E-state index in [0.29, 0.717) is 27.5 Å². The van der Waals surface area contributed by atoms with Crippen molar-refractivity contribution in [1.82, 2.24) is 0 Å². The molecule has 0 aliphatic rings. The molecule has 1 heterocycles. The van der Waals surface area contributed by atoms with E-state index in [1.807, 2.05) is 0 Å². The van der Waals surface area contributed by atoms with Crippen molar-refractivity contribution >= 4 is 23.3 Å². The molecule has 0 spiro atoms. The highest BCUT2D eigenvalue weighted by Gasteiger charge is 2.17. The van der Waals surface area contributed by atoms with Gasteiger partial charge in [-0.15, -0.1) is 11.3 Å². The van der Waals surface area contributed by atoms with Crippen LogP contribution < -0.4 is 9.47 Å². The molecule has 0 fully saturated rings. The maximum absolute atomic E-state index is 12.2. The number of esters is 2. The van der Waals surface area contributed by atoms with Gasteiger partial charge in [-0.25, -0.2) is 9.59 Å². The molecule has 0 saturated carbocycles. The molecule has 6 heteroatoms. The number of methoxy groups -OCH3 is 2. The van der Waals surface area contributed by atoms with E-state index >= 15 is 0 Å². The molecule has 0 aliphatic heterocycles. The summed E-state index contributed by atoms with van der Waals surface area (Å²) in [5, 5.41) is 2.17. The maximum Gasteiger partial charge on any atom is 0.344 e. The quantitative estimate of drug-likeness (QED) is 0.812. The molecule has 0 N–H and O–H groups in total. The molecule has 0 saturated heterocycles. The van der Waals surface area contributed by atoms with Crippen molar-refractivity contribution in [3.8, 4) is 10.8 Å². The van der Waals surface area contributed by atoms with E-state index in [4.69, 9.17) is 9.47 Å². The Morgan fingerprint density at radius 1 is 1.10 bits per heavy atom. The molecule has 0 amide bonds. The molecule has 0 unspecified atom stereocenters. The summed E-state index contributed by atoms with van der Waals surface area (Å²) in [6, 6.07) is 6.39. The summed E-state index contributed by atoms with van der Waals surface area (Å²) >= 11 is 1.27. The minimum atomic E-state index is -0.496. The van der Waals surface area contributed by atoms with Gasteiger partial charge in [0.2, 0.25) is 5.06 Å². The van der Waals surface area contributed by atoms with Crippen molar-refractivity contribution < 1.29 is 23.8 Å². The first-order valence-electron chi connectivity index (χ1n) is 6.09. The topological polar surface area (TPSA) is 61.8 Å². The molecule has 0 bridgehead atoms. The fraction of sp³-hybridized carbons (Fsp3) is 0.200. The molecule has 2 rings (SSSR count). The zero-order valence-electron chi connectivity index (χ0n) is 11.8. The zero-order chi connectivity index (χ0) is 15.4. The van der Waals surface area contributed by atoms with Gasteiger partial charge in [0.05, 0.1) is 25.3 Å². The van der Waals surface area contributed by atoms with Crippen LogP contribution in [0.4, 0.5) is 0 Å². The molecule has 1 aromatic carbocycles. The number of carbonyl (C=O) groups excluding carboxylic acids is 2. The van der Waals surface area contributed by atoms with Crippen LogP contribution in [0.1, 0.15) is 26.3 Å². The van der Waals surface area contributed by atoms with Gasteiger partial charge < -0.3 is 14.2 Å². The third kappa shape index (κ3) is 3.22. The molecular weight excluding hydrogens is 292 g/mol. The van der Waals surface area contributed by atoms with Crippen LogP contribution in [0.3, 0.4) is 0 Å². The van der Waals surface area contributed by atoms with Gasteiger partial charge in [0, 0.05) is 0 Å². The van der Waals surface area contributed by atoms with Crippen LogP contribution in [-0.4, -0.2) is 26.2 Å². The smallest absolute Gasteiger partial charge is 0.344 e. The van der Waals surface area contributed by atoms with Crippen molar-refractivity contribution in [2.75, 3.05) is 14.2 Å². The number of thiophene rings is 1. The number of hydrogen-bond acceptors (Lipinski definition) is 6. The predicted molar refractivity (Wildman–Crippen MR) is 78.3 cm³/mol. The molecule has 1 aromatic heterocycles. The summed E-state index contributed by atoms with van der Waals surface area (Å²) in [6.07, 6.45) is 0. The second-order valence-electron chi connectivity index (χ2n) is 4.19. The van der Waals surface area contributed by atoms with Gasteiger partial charge in [-0.3, -0.25) is 0 Å². The largest absolute Gasteiger partial charge is 0.492 e. The fourth-order valence-corrected chi connectivity index (χ4v) is 2.49. The molecule has 110 valence electrons. The van der Waals surface area contributed by atoms with Gasteiger partial charge in [-0.1, -0.05) is 0 Å². The Bertz CT molecular complexity index is 674. The zero-order valence-corrected chi connectivity index (χ0v) is 12.7. The standard InChI is InChI=1S/C15H14O5S/c1-9-8-10(13(16)19-3)4-5-11(9)14(17)20-15-12(18-2)6-7-21-15/h4-8H,1-3H3. The first kappa shape index (κ1) is 15.1. The first-order valence-corrected chi connectivity index (χ1v) is 6.97. The van der Waals surface area contributed by atoms with Gasteiger partial charge >= 0.3 is 11.9 Å². The Labute approximate surface area is 126 Å². The normalized spacial score (nSPS) is 10.0. The van der Waals surface area contributed by atoms with Crippen molar-refractivity contribution in [2.45, 2.75) is 6.92 Å². The average Bonchev–Trinajstić information content (AvgIpc) is 2.93. The Balaban J connectivity index is 2.22. The molecule has 0 aliphatic carbocycles. The summed E-state index contributed by atoms with van der Waals surface area (Å²) < 4.78 is 15.0. The van der Waals surface area contributed by atoms with Crippen LogP contribution in [0.25, 0.3) is 0 Å². The van der Waals surface area contributed by atoms with Gasteiger partial charge in [-0.2, -0.15) is 0 Å². The SMILES string of the molecule is COC(=O)c1ccc(C(=O)Oc2sccc2OC)c(C)c1. The maximum atomic E-state index is 12.2. The van der Waals surface area contributed by atoms with Crippen LogP contribution in [-0.2, 0) is 4.74 Å². The monoisotopic (exact) mass is 306 g/mol. The van der Waals surface area contributed by atoms with Gasteiger partial charge in [0.1, 0.15) is 0 Å². The summed E-state index contributed by atoms with van der Waals surface area (Å²) in [7, 11) is 2.82. The van der Waals surface area contributed by atoms with Crippen molar-refractivity contribution in [2.24, 2.45) is 0 Å². The second kappa shape index (κ2) is 6.41. The highest BCUT2D eigenvalue weighted by atomic mass is 32.1.